The molecule has 2 heterocycles. The Kier molecular flexibility index (Phi) is 6.71. The van der Waals surface area contributed by atoms with Crippen LogP contribution in [-0.4, -0.2) is 56.6 Å². The van der Waals surface area contributed by atoms with E-state index in [2.05, 4.69) is 20.7 Å². The predicted molar refractivity (Wildman–Crippen MR) is 106 cm³/mol. The van der Waals surface area contributed by atoms with Crippen molar-refractivity contribution >= 4 is 17.9 Å². The molecule has 2 amide bonds. The highest BCUT2D eigenvalue weighted by atomic mass is 19.4. The highest BCUT2D eigenvalue weighted by Gasteiger charge is 2.32. The third-order valence-corrected chi connectivity index (χ3v) is 5.08. The molecule has 8 nitrogen and oxygen atoms in total. The molecule has 0 aliphatic carbocycles. The van der Waals surface area contributed by atoms with Gasteiger partial charge in [-0.1, -0.05) is 6.07 Å². The van der Waals surface area contributed by atoms with Crippen LogP contribution in [0.3, 0.4) is 0 Å². The summed E-state index contributed by atoms with van der Waals surface area (Å²) < 4.78 is 39.6. The van der Waals surface area contributed by atoms with Crippen molar-refractivity contribution in [3.63, 3.8) is 0 Å². The third kappa shape index (κ3) is 5.47. The van der Waals surface area contributed by atoms with E-state index in [1.165, 1.54) is 35.0 Å². The van der Waals surface area contributed by atoms with E-state index in [4.69, 9.17) is 0 Å². The van der Waals surface area contributed by atoms with Gasteiger partial charge >= 0.3 is 6.18 Å². The first-order chi connectivity index (χ1) is 14.7. The molecule has 1 aromatic heterocycles. The second-order valence-corrected chi connectivity index (χ2v) is 7.27. The number of piperidine rings is 1. The van der Waals surface area contributed by atoms with Crippen LogP contribution in [0.15, 0.2) is 24.3 Å². The first-order valence-corrected chi connectivity index (χ1v) is 9.84. The zero-order valence-electron chi connectivity index (χ0n) is 17.2. The lowest BCUT2D eigenvalue weighted by Crippen LogP contribution is -2.50. The maximum atomic E-state index is 13.2. The Bertz CT molecular complexity index is 986. The van der Waals surface area contributed by atoms with Crippen molar-refractivity contribution in [2.24, 2.45) is 0 Å². The number of rotatable bonds is 5. The van der Waals surface area contributed by atoms with Gasteiger partial charge in [0.15, 0.2) is 5.82 Å². The number of aromatic nitrogens is 4. The van der Waals surface area contributed by atoms with E-state index >= 15 is 0 Å². The van der Waals surface area contributed by atoms with Crippen molar-refractivity contribution in [1.82, 2.24) is 30.4 Å². The number of tetrazole rings is 1. The van der Waals surface area contributed by atoms with E-state index < -0.39 is 17.8 Å². The van der Waals surface area contributed by atoms with Gasteiger partial charge in [0.05, 0.1) is 12.1 Å². The van der Waals surface area contributed by atoms with Crippen LogP contribution in [-0.2, 0) is 22.3 Å². The molecule has 1 N–H and O–H groups in total. The van der Waals surface area contributed by atoms with Crippen molar-refractivity contribution in [2.75, 3.05) is 13.6 Å². The molecule has 0 saturated carbocycles. The summed E-state index contributed by atoms with van der Waals surface area (Å²) in [6.45, 7) is 2.03. The number of benzene rings is 1. The standard InChI is InChI=1S/C20H23F3N6O2/c1-13-25-27-29(26-13)12-15-11-16(20(21,22)23)8-6-14(15)7-9-18(30)28-10-4-3-5-17(28)19(31)24-2/h6-9,11,17H,3-5,10,12H2,1-2H3,(H,24,31)/t17-/m0/s1. The van der Waals surface area contributed by atoms with E-state index in [-0.39, 0.29) is 23.9 Å². The Hall–Kier alpha value is -3.24. The minimum Gasteiger partial charge on any atom is -0.357 e. The molecule has 3 rings (SSSR count). The van der Waals surface area contributed by atoms with Crippen LogP contribution in [0, 0.1) is 6.92 Å². The molecule has 1 atom stereocenters. The summed E-state index contributed by atoms with van der Waals surface area (Å²) in [6, 6.07) is 2.72. The van der Waals surface area contributed by atoms with E-state index in [0.29, 0.717) is 24.4 Å². The summed E-state index contributed by atoms with van der Waals surface area (Å²) in [7, 11) is 1.52. The van der Waals surface area contributed by atoms with Gasteiger partial charge in [0, 0.05) is 19.7 Å². The fraction of sp³-hybridized carbons (Fsp3) is 0.450. The van der Waals surface area contributed by atoms with Gasteiger partial charge in [-0.05, 0) is 60.7 Å². The van der Waals surface area contributed by atoms with Gasteiger partial charge in [0.2, 0.25) is 11.8 Å². The number of likely N-dealkylation sites (N-methyl/N-ethyl adjacent to an activating group) is 1. The monoisotopic (exact) mass is 436 g/mol. The van der Waals surface area contributed by atoms with Gasteiger partial charge < -0.3 is 10.2 Å². The van der Waals surface area contributed by atoms with E-state index in [1.807, 2.05) is 0 Å². The third-order valence-electron chi connectivity index (χ3n) is 5.08. The average Bonchev–Trinajstić information content (AvgIpc) is 3.15. The molecule has 0 unspecified atom stereocenters. The maximum Gasteiger partial charge on any atom is 0.416 e. The van der Waals surface area contributed by atoms with Gasteiger partial charge in [0.1, 0.15) is 6.04 Å². The SMILES string of the molecule is CNC(=O)[C@@H]1CCCCN1C(=O)C=Cc1ccc(C(F)(F)F)cc1Cn1nnc(C)n1. The summed E-state index contributed by atoms with van der Waals surface area (Å²) in [6.07, 6.45) is 0.439. The highest BCUT2D eigenvalue weighted by molar-refractivity contribution is 5.95. The van der Waals surface area contributed by atoms with Crippen LogP contribution in [0.1, 0.15) is 41.8 Å². The highest BCUT2D eigenvalue weighted by Crippen LogP contribution is 2.31. The lowest BCUT2D eigenvalue weighted by molar-refractivity contribution is -0.138. The van der Waals surface area contributed by atoms with Gasteiger partial charge in [0.25, 0.3) is 0 Å². The van der Waals surface area contributed by atoms with Crippen LogP contribution in [0.25, 0.3) is 6.08 Å². The molecule has 1 saturated heterocycles. The fourth-order valence-corrected chi connectivity index (χ4v) is 3.52. The second-order valence-electron chi connectivity index (χ2n) is 7.27. The molecule has 2 aromatic rings. The number of carbonyl (C=O) groups is 2. The van der Waals surface area contributed by atoms with Gasteiger partial charge in [-0.3, -0.25) is 9.59 Å². The molecule has 1 aliphatic rings. The minimum absolute atomic E-state index is 0.0385. The molecular formula is C20H23F3N6O2. The topological polar surface area (TPSA) is 93.0 Å². The van der Waals surface area contributed by atoms with Crippen molar-refractivity contribution in [3.8, 4) is 0 Å². The number of nitrogens with one attached hydrogen (secondary N) is 1. The summed E-state index contributed by atoms with van der Waals surface area (Å²) in [4.78, 5) is 27.5. The first-order valence-electron chi connectivity index (χ1n) is 9.84. The van der Waals surface area contributed by atoms with Crippen LogP contribution in [0.2, 0.25) is 0 Å². The number of hydrogen-bond acceptors (Lipinski definition) is 5. The van der Waals surface area contributed by atoms with Gasteiger partial charge in [-0.25, -0.2) is 0 Å². The molecular weight excluding hydrogens is 413 g/mol. The van der Waals surface area contributed by atoms with Crippen LogP contribution in [0.4, 0.5) is 13.2 Å². The lowest BCUT2D eigenvalue weighted by Gasteiger charge is -2.33. The van der Waals surface area contributed by atoms with Crippen molar-refractivity contribution in [3.05, 3.63) is 46.8 Å². The van der Waals surface area contributed by atoms with Crippen LogP contribution in [0.5, 0.6) is 0 Å². The summed E-state index contributed by atoms with van der Waals surface area (Å²) in [5.74, 6) is -0.206. The molecule has 0 spiro atoms. The summed E-state index contributed by atoms with van der Waals surface area (Å²) >= 11 is 0. The van der Waals surface area contributed by atoms with E-state index in [0.717, 1.165) is 25.0 Å². The molecule has 1 aromatic carbocycles. The molecule has 11 heteroatoms. The molecule has 1 aliphatic heterocycles. The zero-order chi connectivity index (χ0) is 22.6. The zero-order valence-corrected chi connectivity index (χ0v) is 17.2. The number of halogens is 3. The number of amides is 2. The number of carbonyl (C=O) groups excluding carboxylic acids is 2. The van der Waals surface area contributed by atoms with Crippen molar-refractivity contribution in [1.29, 1.82) is 0 Å². The van der Waals surface area contributed by atoms with Crippen molar-refractivity contribution < 1.29 is 22.8 Å². The van der Waals surface area contributed by atoms with Gasteiger partial charge in [-0.2, -0.15) is 18.0 Å². The average molecular weight is 436 g/mol. The molecule has 1 fully saturated rings. The van der Waals surface area contributed by atoms with E-state index in [9.17, 15) is 22.8 Å². The molecule has 0 radical (unpaired) electrons. The minimum atomic E-state index is -4.51. The normalized spacial score (nSPS) is 17.2. The number of alkyl halides is 3. The number of likely N-dealkylation sites (tertiary alicyclic amines) is 1. The Morgan fingerprint density at radius 2 is 2.06 bits per heavy atom. The molecule has 31 heavy (non-hydrogen) atoms. The Labute approximate surface area is 177 Å². The molecule has 166 valence electrons. The smallest absolute Gasteiger partial charge is 0.357 e. The predicted octanol–water partition coefficient (Wildman–Crippen LogP) is 2.19. The summed E-state index contributed by atoms with van der Waals surface area (Å²) in [5, 5.41) is 14.1. The first kappa shape index (κ1) is 22.4. The Balaban J connectivity index is 1.87. The number of hydrogen-bond donors (Lipinski definition) is 1. The van der Waals surface area contributed by atoms with Crippen molar-refractivity contribution in [2.45, 2.75) is 44.9 Å². The summed E-state index contributed by atoms with van der Waals surface area (Å²) in [5.41, 5.74) is -0.0962. The van der Waals surface area contributed by atoms with E-state index in [1.54, 1.807) is 6.92 Å². The Morgan fingerprint density at radius 1 is 1.29 bits per heavy atom. The Morgan fingerprint density at radius 3 is 2.71 bits per heavy atom. The van der Waals surface area contributed by atoms with Crippen LogP contribution < -0.4 is 5.32 Å². The quantitative estimate of drug-likeness (QED) is 0.726. The van der Waals surface area contributed by atoms with Gasteiger partial charge in [-0.15, -0.1) is 10.2 Å². The lowest BCUT2D eigenvalue weighted by atomic mass is 10.0. The fourth-order valence-electron chi connectivity index (χ4n) is 3.52. The number of aryl methyl sites for hydroxylation is 1. The number of nitrogens with zero attached hydrogens (tertiary/aromatic N) is 5. The molecule has 0 bridgehead atoms. The second kappa shape index (κ2) is 9.27. The van der Waals surface area contributed by atoms with Crippen LogP contribution >= 0.6 is 0 Å². The largest absolute Gasteiger partial charge is 0.416 e. The maximum absolute atomic E-state index is 13.2.